The van der Waals surface area contributed by atoms with E-state index < -0.39 is 98.5 Å². The van der Waals surface area contributed by atoms with Gasteiger partial charge in [0, 0.05) is 6.92 Å². The van der Waals surface area contributed by atoms with Gasteiger partial charge in [-0.15, -0.1) is 0 Å². The number of carboxylic acids is 1. The van der Waals surface area contributed by atoms with Crippen molar-refractivity contribution < 1.29 is 69.4 Å². The Morgan fingerprint density at radius 3 is 2.28 bits per heavy atom. The van der Waals surface area contributed by atoms with Crippen LogP contribution < -0.4 is 5.73 Å². The lowest BCUT2D eigenvalue weighted by Crippen LogP contribution is -2.68. The van der Waals surface area contributed by atoms with Gasteiger partial charge in [-0.05, 0) is 0 Å². The van der Waals surface area contributed by atoms with E-state index in [2.05, 4.69) is 0 Å². The number of aliphatic hydroxyl groups is 7. The van der Waals surface area contributed by atoms with E-state index >= 15 is 0 Å². The van der Waals surface area contributed by atoms with Gasteiger partial charge >= 0.3 is 17.7 Å². The first-order valence-electron chi connectivity index (χ1n) is 9.67. The molecule has 0 aromatic heterocycles. The fourth-order valence-corrected chi connectivity index (χ4v) is 3.57. The molecule has 0 spiro atoms. The zero-order valence-electron chi connectivity index (χ0n) is 17.0. The molecule has 15 nitrogen and oxygen atoms in total. The molecule has 0 aromatic rings. The largest absolute Gasteiger partial charge is 0.476 e. The van der Waals surface area contributed by atoms with Crippen molar-refractivity contribution >= 4 is 11.9 Å². The lowest BCUT2D eigenvalue weighted by molar-refractivity contribution is -0.346. The maximum atomic E-state index is 11.8. The average Bonchev–Trinajstić information content (AvgIpc) is 2.73. The van der Waals surface area contributed by atoms with Crippen LogP contribution in [-0.2, 0) is 28.5 Å². The lowest BCUT2D eigenvalue weighted by atomic mass is 9.89. The smallest absolute Gasteiger partial charge is 0.377 e. The van der Waals surface area contributed by atoms with Crippen LogP contribution in [0.5, 0.6) is 0 Å². The van der Waals surface area contributed by atoms with Crippen LogP contribution in [0.25, 0.3) is 0 Å². The summed E-state index contributed by atoms with van der Waals surface area (Å²) in [4.78, 5) is 23.3. The van der Waals surface area contributed by atoms with Crippen LogP contribution in [0.2, 0.25) is 0 Å². The van der Waals surface area contributed by atoms with Crippen LogP contribution in [0.3, 0.4) is 0 Å². The maximum Gasteiger partial charge on any atom is 0.377 e. The van der Waals surface area contributed by atoms with Crippen LogP contribution in [0.4, 0.5) is 0 Å². The molecule has 186 valence electrons. The van der Waals surface area contributed by atoms with Crippen molar-refractivity contribution in [2.75, 3.05) is 13.2 Å². The Kier molecular flexibility index (Phi) is 8.88. The van der Waals surface area contributed by atoms with Gasteiger partial charge in [0.15, 0.2) is 6.29 Å². The van der Waals surface area contributed by atoms with E-state index in [4.69, 9.17) is 24.7 Å². The number of aliphatic hydroxyl groups excluding tert-OH is 7. The number of hydrogen-bond donors (Lipinski definition) is 9. The number of esters is 1. The van der Waals surface area contributed by atoms with E-state index in [0.29, 0.717) is 0 Å². The standard InChI is InChI=1S/C17H29NO14/c1-5(21)31-17(16(27)28)2-6(22)9(18)14(32-17)13(7(23)3-19)30-15-12(26)11(25)10(24)8(4-20)29-15/h6-15,19-20,22-26H,2-4,18H2,1H3,(H,27,28)/t6-,7+,8+,9+,10-,11-,12+,13+,14+,15-,17-/m0/s1. The van der Waals surface area contributed by atoms with Crippen molar-refractivity contribution in [3.05, 3.63) is 0 Å². The fourth-order valence-electron chi connectivity index (χ4n) is 3.57. The summed E-state index contributed by atoms with van der Waals surface area (Å²) in [5.74, 6) is -5.57. The number of hydrogen-bond acceptors (Lipinski definition) is 14. The highest BCUT2D eigenvalue weighted by molar-refractivity contribution is 5.80. The van der Waals surface area contributed by atoms with Gasteiger partial charge < -0.3 is 65.5 Å². The Hall–Kier alpha value is -1.50. The van der Waals surface area contributed by atoms with E-state index in [9.17, 15) is 50.4 Å². The molecule has 0 unspecified atom stereocenters. The van der Waals surface area contributed by atoms with Crippen molar-refractivity contribution in [1.82, 2.24) is 0 Å². The molecule has 2 heterocycles. The minimum Gasteiger partial charge on any atom is -0.476 e. The second-order valence-corrected chi connectivity index (χ2v) is 7.63. The van der Waals surface area contributed by atoms with E-state index in [1.807, 2.05) is 0 Å². The van der Waals surface area contributed by atoms with Crippen LogP contribution in [0.15, 0.2) is 0 Å². The monoisotopic (exact) mass is 471 g/mol. The molecule has 2 aliphatic rings. The normalized spacial score (nSPS) is 42.2. The Morgan fingerprint density at radius 2 is 1.78 bits per heavy atom. The van der Waals surface area contributed by atoms with Gasteiger partial charge in [0.1, 0.15) is 42.7 Å². The third-order valence-corrected chi connectivity index (χ3v) is 5.29. The maximum absolute atomic E-state index is 11.8. The summed E-state index contributed by atoms with van der Waals surface area (Å²) >= 11 is 0. The SMILES string of the molecule is CC(=O)O[C@@]1(C(=O)O)C[C@H](O)[C@@H](N)[C@H]([C@H](O[C@@H]2O[C@H](CO)[C@H](O)[C@H](O)[C@H]2O)[C@H](O)CO)O1. The van der Waals surface area contributed by atoms with Crippen LogP contribution >= 0.6 is 0 Å². The molecule has 15 heteroatoms. The van der Waals surface area contributed by atoms with Crippen molar-refractivity contribution in [3.8, 4) is 0 Å². The Morgan fingerprint density at radius 1 is 1.16 bits per heavy atom. The molecule has 2 saturated heterocycles. The number of nitrogens with two attached hydrogens (primary N) is 1. The van der Waals surface area contributed by atoms with Crippen molar-refractivity contribution in [3.63, 3.8) is 0 Å². The zero-order valence-corrected chi connectivity index (χ0v) is 17.0. The Labute approximate surface area is 181 Å². The van der Waals surface area contributed by atoms with E-state index in [1.54, 1.807) is 0 Å². The Bertz CT molecular complexity index is 663. The van der Waals surface area contributed by atoms with Gasteiger partial charge in [-0.2, -0.15) is 0 Å². The molecular weight excluding hydrogens is 442 g/mol. The molecule has 0 radical (unpaired) electrons. The van der Waals surface area contributed by atoms with Crippen molar-refractivity contribution in [2.24, 2.45) is 5.73 Å². The number of carboxylic acid groups (broad SMARTS) is 1. The minimum atomic E-state index is -2.71. The third kappa shape index (κ3) is 5.35. The van der Waals surface area contributed by atoms with Crippen LogP contribution in [-0.4, -0.2) is 133 Å². The number of rotatable bonds is 8. The van der Waals surface area contributed by atoms with Gasteiger partial charge in [0.25, 0.3) is 0 Å². The summed E-state index contributed by atoms with van der Waals surface area (Å²) in [7, 11) is 0. The summed E-state index contributed by atoms with van der Waals surface area (Å²) in [5.41, 5.74) is 5.90. The van der Waals surface area contributed by atoms with Crippen LogP contribution in [0, 0.1) is 0 Å². The Balaban J connectivity index is 2.38. The van der Waals surface area contributed by atoms with E-state index in [-0.39, 0.29) is 0 Å². The molecule has 0 amide bonds. The highest BCUT2D eigenvalue weighted by atomic mass is 16.8. The van der Waals surface area contributed by atoms with E-state index in [1.165, 1.54) is 0 Å². The van der Waals surface area contributed by atoms with Crippen molar-refractivity contribution in [2.45, 2.75) is 80.3 Å². The molecular formula is C17H29NO14. The van der Waals surface area contributed by atoms with Gasteiger partial charge in [-0.25, -0.2) is 4.79 Å². The molecule has 0 saturated carbocycles. The summed E-state index contributed by atoms with van der Waals surface area (Å²) in [6.07, 6.45) is -16.5. The molecule has 0 aliphatic carbocycles. The molecule has 10 N–H and O–H groups in total. The summed E-state index contributed by atoms with van der Waals surface area (Å²) < 4.78 is 20.8. The highest BCUT2D eigenvalue weighted by Gasteiger charge is 2.57. The van der Waals surface area contributed by atoms with Crippen molar-refractivity contribution in [1.29, 1.82) is 0 Å². The molecule has 2 rings (SSSR count). The first-order chi connectivity index (χ1) is 14.9. The first kappa shape index (κ1) is 26.7. The number of ether oxygens (including phenoxy) is 4. The van der Waals surface area contributed by atoms with Crippen LogP contribution in [0.1, 0.15) is 13.3 Å². The summed E-state index contributed by atoms with van der Waals surface area (Å²) in [6.45, 7) is -0.877. The summed E-state index contributed by atoms with van der Waals surface area (Å²) in [5, 5.41) is 78.9. The average molecular weight is 471 g/mol. The molecule has 2 fully saturated rings. The topological polar surface area (TPSA) is 259 Å². The first-order valence-corrected chi connectivity index (χ1v) is 9.67. The second kappa shape index (κ2) is 10.6. The predicted molar refractivity (Wildman–Crippen MR) is 97.3 cm³/mol. The highest BCUT2D eigenvalue weighted by Crippen LogP contribution is 2.35. The lowest BCUT2D eigenvalue weighted by Gasteiger charge is -2.47. The van der Waals surface area contributed by atoms with Gasteiger partial charge in [-0.1, -0.05) is 0 Å². The molecule has 0 bridgehead atoms. The van der Waals surface area contributed by atoms with Gasteiger partial charge in [-0.3, -0.25) is 4.79 Å². The third-order valence-electron chi connectivity index (χ3n) is 5.29. The fraction of sp³-hybridized carbons (Fsp3) is 0.882. The van der Waals surface area contributed by atoms with Gasteiger partial charge in [0.05, 0.1) is 31.8 Å². The number of carbonyl (C=O) groups excluding carboxylic acids is 1. The molecule has 0 aromatic carbocycles. The quantitative estimate of drug-likeness (QED) is 0.149. The summed E-state index contributed by atoms with van der Waals surface area (Å²) in [6, 6.07) is -1.44. The molecule has 32 heavy (non-hydrogen) atoms. The minimum absolute atomic E-state index is 0.762. The second-order valence-electron chi connectivity index (χ2n) is 7.63. The number of carbonyl (C=O) groups is 2. The van der Waals surface area contributed by atoms with E-state index in [0.717, 1.165) is 6.92 Å². The molecule has 11 atom stereocenters. The zero-order chi connectivity index (χ0) is 24.4. The predicted octanol–water partition coefficient (Wildman–Crippen LogP) is -5.65. The van der Waals surface area contributed by atoms with Gasteiger partial charge in [0.2, 0.25) is 0 Å². The molecule has 2 aliphatic heterocycles. The number of aliphatic carboxylic acids is 1.